The van der Waals surface area contributed by atoms with Gasteiger partial charge in [-0.15, -0.1) is 0 Å². The fourth-order valence-corrected chi connectivity index (χ4v) is 3.80. The number of esters is 5. The minimum absolute atomic E-state index is 0.167. The van der Waals surface area contributed by atoms with Crippen LogP contribution >= 0.6 is 0 Å². The Balaban J connectivity index is 3.07. The number of rotatable bonds is 8. The average Bonchev–Trinajstić information content (AvgIpc) is 3.17. The average molecular weight is 476 g/mol. The smallest absolute Gasteiger partial charge is 0.338 e. The van der Waals surface area contributed by atoms with Gasteiger partial charge in [-0.05, 0) is 29.7 Å². The van der Waals surface area contributed by atoms with Crippen molar-refractivity contribution in [2.24, 2.45) is 5.41 Å². The van der Waals surface area contributed by atoms with Crippen LogP contribution < -0.4 is 4.74 Å². The number of hydrogen-bond acceptors (Lipinski definition) is 11. The Bertz CT molecular complexity index is 1060. The number of carbonyl (C=O) groups is 5. The molecule has 0 radical (unpaired) electrons. The van der Waals surface area contributed by atoms with Crippen molar-refractivity contribution in [2.75, 3.05) is 42.7 Å². The summed E-state index contributed by atoms with van der Waals surface area (Å²) in [5.41, 5.74) is -4.33. The third-order valence-electron chi connectivity index (χ3n) is 5.30. The number of methoxy groups -OCH3 is 6. The van der Waals surface area contributed by atoms with Gasteiger partial charge in [-0.3, -0.25) is 9.59 Å². The van der Waals surface area contributed by atoms with Crippen molar-refractivity contribution in [3.05, 3.63) is 52.1 Å². The molecule has 0 spiro atoms. The van der Waals surface area contributed by atoms with Gasteiger partial charge in [-0.1, -0.05) is 12.1 Å². The van der Waals surface area contributed by atoms with Gasteiger partial charge in [-0.2, -0.15) is 0 Å². The zero-order valence-electron chi connectivity index (χ0n) is 19.5. The van der Waals surface area contributed by atoms with E-state index in [1.54, 1.807) is 24.3 Å². The second-order valence-corrected chi connectivity index (χ2v) is 6.84. The van der Waals surface area contributed by atoms with Crippen molar-refractivity contribution in [1.82, 2.24) is 0 Å². The van der Waals surface area contributed by atoms with Gasteiger partial charge in [0, 0.05) is 0 Å². The van der Waals surface area contributed by atoms with Gasteiger partial charge in [0.25, 0.3) is 0 Å². The molecular formula is C23H24O11. The molecule has 1 aromatic rings. The monoisotopic (exact) mass is 476 g/mol. The zero-order chi connectivity index (χ0) is 25.6. The van der Waals surface area contributed by atoms with Gasteiger partial charge < -0.3 is 28.4 Å². The van der Waals surface area contributed by atoms with Crippen LogP contribution in [0.4, 0.5) is 0 Å². The third-order valence-corrected chi connectivity index (χ3v) is 5.30. The fourth-order valence-electron chi connectivity index (χ4n) is 3.80. The molecule has 0 atom stereocenters. The maximum Gasteiger partial charge on any atom is 0.338 e. The van der Waals surface area contributed by atoms with Crippen LogP contribution in [0.2, 0.25) is 0 Å². The molecule has 0 aliphatic heterocycles. The van der Waals surface area contributed by atoms with E-state index < -0.39 is 52.0 Å². The predicted octanol–water partition coefficient (Wildman–Crippen LogP) is 0.696. The van der Waals surface area contributed by atoms with E-state index in [0.29, 0.717) is 11.3 Å². The molecule has 0 bridgehead atoms. The van der Waals surface area contributed by atoms with E-state index in [9.17, 15) is 24.0 Å². The summed E-state index contributed by atoms with van der Waals surface area (Å²) in [5.74, 6) is -5.69. The highest BCUT2D eigenvalue weighted by atomic mass is 16.6. The summed E-state index contributed by atoms with van der Waals surface area (Å²) < 4.78 is 29.2. The van der Waals surface area contributed by atoms with Crippen LogP contribution in [0.25, 0.3) is 0 Å². The first kappa shape index (κ1) is 26.1. The van der Waals surface area contributed by atoms with Crippen LogP contribution in [0.3, 0.4) is 0 Å². The molecule has 34 heavy (non-hydrogen) atoms. The van der Waals surface area contributed by atoms with Crippen LogP contribution in [0, 0.1) is 5.41 Å². The maximum atomic E-state index is 13.2. The Hall–Kier alpha value is -4.15. The summed E-state index contributed by atoms with van der Waals surface area (Å²) in [6.07, 6.45) is -0.185. The minimum atomic E-state index is -2.80. The van der Waals surface area contributed by atoms with Gasteiger partial charge in [0.15, 0.2) is 0 Å². The van der Waals surface area contributed by atoms with E-state index in [1.165, 1.54) is 7.11 Å². The summed E-state index contributed by atoms with van der Waals surface area (Å²) in [7, 11) is 6.37. The summed E-state index contributed by atoms with van der Waals surface area (Å²) >= 11 is 0. The molecule has 0 aromatic heterocycles. The Kier molecular flexibility index (Phi) is 8.17. The van der Waals surface area contributed by atoms with Gasteiger partial charge in [-0.25, -0.2) is 14.4 Å². The molecule has 11 heteroatoms. The zero-order valence-corrected chi connectivity index (χ0v) is 19.5. The molecule has 0 N–H and O–H groups in total. The van der Waals surface area contributed by atoms with Crippen molar-refractivity contribution < 1.29 is 52.4 Å². The highest BCUT2D eigenvalue weighted by Crippen LogP contribution is 2.51. The molecule has 182 valence electrons. The number of benzene rings is 1. The molecule has 1 aliphatic rings. The third kappa shape index (κ3) is 4.12. The van der Waals surface area contributed by atoms with E-state index in [-0.39, 0.29) is 12.0 Å². The lowest BCUT2D eigenvalue weighted by Gasteiger charge is -2.27. The molecular weight excluding hydrogens is 452 g/mol. The minimum Gasteiger partial charge on any atom is -0.497 e. The van der Waals surface area contributed by atoms with Crippen LogP contribution in [0.1, 0.15) is 5.56 Å². The molecule has 0 saturated heterocycles. The van der Waals surface area contributed by atoms with E-state index in [1.807, 2.05) is 0 Å². The summed E-state index contributed by atoms with van der Waals surface area (Å²) in [4.78, 5) is 65.2. The Morgan fingerprint density at radius 1 is 0.647 bits per heavy atom. The maximum absolute atomic E-state index is 13.2. The normalized spacial score (nSPS) is 14.3. The van der Waals surface area contributed by atoms with Crippen molar-refractivity contribution >= 4 is 29.8 Å². The summed E-state index contributed by atoms with van der Waals surface area (Å²) in [6.45, 7) is 0. The van der Waals surface area contributed by atoms with Crippen LogP contribution in [0.15, 0.2) is 46.6 Å². The van der Waals surface area contributed by atoms with E-state index in [4.69, 9.17) is 28.4 Å². The highest BCUT2D eigenvalue weighted by molar-refractivity contribution is 6.25. The SMILES string of the molecule is COC(=O)C1=C(C(=O)OC)C(C(=O)OC)(C(=O)OC)C(C(=O)OC)=C1Cc1ccc(OC)cc1. The number of hydrogen-bond donors (Lipinski definition) is 0. The predicted molar refractivity (Wildman–Crippen MR) is 113 cm³/mol. The first-order valence-corrected chi connectivity index (χ1v) is 9.72. The number of ether oxygens (including phenoxy) is 6. The fraction of sp³-hybridized carbons (Fsp3) is 0.348. The largest absolute Gasteiger partial charge is 0.497 e. The molecule has 0 heterocycles. The van der Waals surface area contributed by atoms with Gasteiger partial charge in [0.1, 0.15) is 5.75 Å². The standard InChI is InChI=1S/C23H24O11/c1-29-13-9-7-12(8-10-13)11-14-15(18(24)30-2)17(20(26)32-4)23(21(27)33-5,22(28)34-6)16(14)19(25)31-3/h7-10H,11H2,1-6H3. The molecule has 1 aromatic carbocycles. The molecule has 2 rings (SSSR count). The van der Waals surface area contributed by atoms with E-state index in [0.717, 1.165) is 35.5 Å². The van der Waals surface area contributed by atoms with Crippen LogP contribution in [-0.4, -0.2) is 72.5 Å². The van der Waals surface area contributed by atoms with Crippen molar-refractivity contribution in [3.8, 4) is 5.75 Å². The highest BCUT2D eigenvalue weighted by Gasteiger charge is 2.66. The molecule has 0 saturated carbocycles. The first-order chi connectivity index (χ1) is 16.2. The Morgan fingerprint density at radius 3 is 1.53 bits per heavy atom. The lowest BCUT2D eigenvalue weighted by molar-refractivity contribution is -0.167. The van der Waals surface area contributed by atoms with E-state index in [2.05, 4.69) is 0 Å². The number of carbonyl (C=O) groups excluding carboxylic acids is 5. The van der Waals surface area contributed by atoms with Crippen molar-refractivity contribution in [2.45, 2.75) is 6.42 Å². The Labute approximate surface area is 195 Å². The lowest BCUT2D eigenvalue weighted by atomic mass is 9.75. The molecule has 0 fully saturated rings. The second kappa shape index (κ2) is 10.6. The molecule has 1 aliphatic carbocycles. The van der Waals surface area contributed by atoms with Crippen molar-refractivity contribution in [1.29, 1.82) is 0 Å². The van der Waals surface area contributed by atoms with Gasteiger partial charge in [0.2, 0.25) is 5.41 Å². The molecule has 0 unspecified atom stereocenters. The molecule has 0 amide bonds. The summed E-state index contributed by atoms with van der Waals surface area (Å²) in [6, 6.07) is 6.51. The molecule has 11 nitrogen and oxygen atoms in total. The quantitative estimate of drug-likeness (QED) is 0.297. The van der Waals surface area contributed by atoms with Crippen LogP contribution in [0.5, 0.6) is 5.75 Å². The topological polar surface area (TPSA) is 141 Å². The van der Waals surface area contributed by atoms with Gasteiger partial charge >= 0.3 is 29.8 Å². The first-order valence-electron chi connectivity index (χ1n) is 9.72. The van der Waals surface area contributed by atoms with Gasteiger partial charge in [0.05, 0.1) is 59.4 Å². The lowest BCUT2D eigenvalue weighted by Crippen LogP contribution is -2.47. The summed E-state index contributed by atoms with van der Waals surface area (Å²) in [5, 5.41) is 0. The van der Waals surface area contributed by atoms with Crippen molar-refractivity contribution in [3.63, 3.8) is 0 Å². The van der Waals surface area contributed by atoms with Crippen LogP contribution in [-0.2, 0) is 54.1 Å². The van der Waals surface area contributed by atoms with E-state index >= 15 is 0 Å². The Morgan fingerprint density at radius 2 is 1.12 bits per heavy atom. The second-order valence-electron chi connectivity index (χ2n) is 6.84.